The van der Waals surface area contributed by atoms with Crippen LogP contribution >= 0.6 is 0 Å². The van der Waals surface area contributed by atoms with Gasteiger partial charge in [-0.25, -0.2) is 0 Å². The third kappa shape index (κ3) is 2.73. The Morgan fingerprint density at radius 1 is 1.42 bits per heavy atom. The number of amides is 1. The molecule has 1 aliphatic heterocycles. The van der Waals surface area contributed by atoms with Crippen LogP contribution in [0.15, 0.2) is 29.5 Å². The molecular formula is C18H19N3O3. The van der Waals surface area contributed by atoms with Gasteiger partial charge in [0.05, 0.1) is 18.3 Å². The van der Waals surface area contributed by atoms with Crippen LogP contribution in [-0.4, -0.2) is 23.3 Å². The molecule has 1 amide bonds. The molecule has 2 aliphatic rings. The predicted molar refractivity (Wildman–Crippen MR) is 89.4 cm³/mol. The van der Waals surface area contributed by atoms with E-state index in [4.69, 9.17) is 5.26 Å². The Morgan fingerprint density at radius 2 is 2.17 bits per heavy atom. The minimum absolute atomic E-state index is 0.00389. The Hall–Kier alpha value is -2.81. The molecule has 0 saturated carbocycles. The van der Waals surface area contributed by atoms with Gasteiger partial charge in [0.1, 0.15) is 17.9 Å². The number of rotatable bonds is 1. The number of nitriles is 1. The van der Waals surface area contributed by atoms with Crippen LogP contribution in [-0.2, 0) is 9.59 Å². The SMILES string of the molecule is CC1(C)CC(=O)C2=C(C1)Nc1c(O)cccc1N(C(=O)CC#N)C2. The number of hydrogen-bond acceptors (Lipinski definition) is 5. The molecule has 0 aromatic heterocycles. The summed E-state index contributed by atoms with van der Waals surface area (Å²) in [4.78, 5) is 26.4. The number of carbonyl (C=O) groups excluding carboxylic acids is 2. The van der Waals surface area contributed by atoms with Gasteiger partial charge in [-0.1, -0.05) is 19.9 Å². The molecule has 24 heavy (non-hydrogen) atoms. The molecule has 0 fully saturated rings. The van der Waals surface area contributed by atoms with E-state index in [0.717, 1.165) is 5.70 Å². The van der Waals surface area contributed by atoms with E-state index in [0.29, 0.717) is 29.8 Å². The number of nitrogens with one attached hydrogen (secondary N) is 1. The smallest absolute Gasteiger partial charge is 0.241 e. The summed E-state index contributed by atoms with van der Waals surface area (Å²) in [7, 11) is 0. The Kier molecular flexibility index (Phi) is 3.80. The highest BCUT2D eigenvalue weighted by atomic mass is 16.3. The van der Waals surface area contributed by atoms with Crippen molar-refractivity contribution in [3.05, 3.63) is 29.5 Å². The number of para-hydroxylation sites is 1. The zero-order valence-corrected chi connectivity index (χ0v) is 13.7. The van der Waals surface area contributed by atoms with Gasteiger partial charge in [-0.3, -0.25) is 9.59 Å². The number of phenols is 1. The van der Waals surface area contributed by atoms with Gasteiger partial charge in [-0.2, -0.15) is 5.26 Å². The van der Waals surface area contributed by atoms with Crippen LogP contribution in [0.5, 0.6) is 5.75 Å². The molecule has 0 atom stereocenters. The molecule has 3 rings (SSSR count). The number of fused-ring (bicyclic) bond motifs is 1. The van der Waals surface area contributed by atoms with Crippen molar-refractivity contribution in [2.24, 2.45) is 5.41 Å². The minimum atomic E-state index is -0.391. The number of ketones is 1. The maximum atomic E-state index is 12.6. The number of aromatic hydroxyl groups is 1. The lowest BCUT2D eigenvalue weighted by Crippen LogP contribution is -2.36. The highest BCUT2D eigenvalue weighted by molar-refractivity contribution is 6.05. The lowest BCUT2D eigenvalue weighted by Gasteiger charge is -2.32. The van der Waals surface area contributed by atoms with Gasteiger partial charge in [-0.05, 0) is 24.0 Å². The van der Waals surface area contributed by atoms with Crippen LogP contribution in [0.2, 0.25) is 0 Å². The van der Waals surface area contributed by atoms with Crippen molar-refractivity contribution < 1.29 is 14.7 Å². The summed E-state index contributed by atoms with van der Waals surface area (Å²) < 4.78 is 0. The third-order valence-electron chi connectivity index (χ3n) is 4.43. The first-order valence-corrected chi connectivity index (χ1v) is 7.84. The zero-order chi connectivity index (χ0) is 17.5. The molecule has 1 aliphatic carbocycles. The van der Waals surface area contributed by atoms with Crippen LogP contribution in [0.4, 0.5) is 11.4 Å². The van der Waals surface area contributed by atoms with E-state index in [9.17, 15) is 14.7 Å². The van der Waals surface area contributed by atoms with E-state index in [-0.39, 0.29) is 29.9 Å². The number of Topliss-reactive ketones (excluding diaryl/α,β-unsaturated/α-hetero) is 1. The molecule has 0 spiro atoms. The van der Waals surface area contributed by atoms with Gasteiger partial charge >= 0.3 is 0 Å². The second kappa shape index (κ2) is 5.68. The average molecular weight is 325 g/mol. The molecule has 1 aromatic carbocycles. The van der Waals surface area contributed by atoms with Gasteiger partial charge in [-0.15, -0.1) is 0 Å². The number of hydrogen-bond donors (Lipinski definition) is 2. The molecule has 124 valence electrons. The first-order valence-electron chi connectivity index (χ1n) is 7.84. The standard InChI is InChI=1S/C18H19N3O3/c1-18(2)8-12-11(15(23)9-18)10-21(16(24)6-7-19)13-4-3-5-14(22)17(13)20-12/h3-5,20,22H,6,8-10H2,1-2H3. The van der Waals surface area contributed by atoms with Crippen LogP contribution in [0.25, 0.3) is 0 Å². The maximum absolute atomic E-state index is 12.6. The first-order chi connectivity index (χ1) is 11.3. The van der Waals surface area contributed by atoms with Crippen molar-refractivity contribution >= 4 is 23.1 Å². The fourth-order valence-electron chi connectivity index (χ4n) is 3.32. The zero-order valence-electron chi connectivity index (χ0n) is 13.7. The summed E-state index contributed by atoms with van der Waals surface area (Å²) in [6.07, 6.45) is 0.787. The normalized spacial score (nSPS) is 18.9. The quantitative estimate of drug-likeness (QED) is 0.774. The molecule has 2 N–H and O–H groups in total. The van der Waals surface area contributed by atoms with Crippen molar-refractivity contribution in [3.8, 4) is 11.8 Å². The summed E-state index contributed by atoms with van der Waals surface area (Å²) in [5.74, 6) is -0.389. The van der Waals surface area contributed by atoms with Gasteiger partial charge in [0, 0.05) is 17.7 Å². The molecule has 1 heterocycles. The van der Waals surface area contributed by atoms with Crippen molar-refractivity contribution in [1.82, 2.24) is 0 Å². The minimum Gasteiger partial charge on any atom is -0.506 e. The highest BCUT2D eigenvalue weighted by Gasteiger charge is 2.37. The first kappa shape index (κ1) is 16.1. The van der Waals surface area contributed by atoms with Crippen LogP contribution in [0, 0.1) is 16.7 Å². The molecule has 6 nitrogen and oxygen atoms in total. The molecule has 1 aromatic rings. The highest BCUT2D eigenvalue weighted by Crippen LogP contribution is 2.44. The van der Waals surface area contributed by atoms with Gasteiger partial charge in [0.2, 0.25) is 5.91 Å². The van der Waals surface area contributed by atoms with Gasteiger partial charge in [0.25, 0.3) is 0 Å². The number of carbonyl (C=O) groups is 2. The fraction of sp³-hybridized carbons (Fsp3) is 0.389. The van der Waals surface area contributed by atoms with E-state index < -0.39 is 5.91 Å². The third-order valence-corrected chi connectivity index (χ3v) is 4.43. The largest absolute Gasteiger partial charge is 0.506 e. The Labute approximate surface area is 140 Å². The van der Waals surface area contributed by atoms with E-state index >= 15 is 0 Å². The summed E-state index contributed by atoms with van der Waals surface area (Å²) in [6, 6.07) is 6.72. The molecular weight excluding hydrogens is 306 g/mol. The number of phenolic OH excluding ortho intramolecular Hbond substituents is 1. The fourth-order valence-corrected chi connectivity index (χ4v) is 3.32. The Morgan fingerprint density at radius 3 is 2.88 bits per heavy atom. The second-order valence-corrected chi connectivity index (χ2v) is 7.01. The number of allylic oxidation sites excluding steroid dienone is 1. The van der Waals surface area contributed by atoms with Crippen molar-refractivity contribution in [2.75, 3.05) is 16.8 Å². The number of anilines is 2. The number of benzene rings is 1. The van der Waals surface area contributed by atoms with Crippen molar-refractivity contribution in [2.45, 2.75) is 33.1 Å². The lowest BCUT2D eigenvalue weighted by atomic mass is 9.75. The van der Waals surface area contributed by atoms with Crippen LogP contribution < -0.4 is 10.2 Å². The van der Waals surface area contributed by atoms with E-state index in [1.165, 1.54) is 11.0 Å². The average Bonchev–Trinajstić information content (AvgIpc) is 2.64. The van der Waals surface area contributed by atoms with Crippen molar-refractivity contribution in [1.29, 1.82) is 5.26 Å². The van der Waals surface area contributed by atoms with Crippen molar-refractivity contribution in [3.63, 3.8) is 0 Å². The Balaban J connectivity index is 2.13. The molecule has 0 unspecified atom stereocenters. The van der Waals surface area contributed by atoms with E-state index in [2.05, 4.69) is 5.32 Å². The lowest BCUT2D eigenvalue weighted by molar-refractivity contribution is -0.118. The molecule has 0 bridgehead atoms. The topological polar surface area (TPSA) is 93.4 Å². The maximum Gasteiger partial charge on any atom is 0.241 e. The summed E-state index contributed by atoms with van der Waals surface area (Å²) in [6.45, 7) is 4.16. The predicted octanol–water partition coefficient (Wildman–Crippen LogP) is 2.71. The Bertz CT molecular complexity index is 802. The molecule has 6 heteroatoms. The van der Waals surface area contributed by atoms with E-state index in [1.54, 1.807) is 12.1 Å². The van der Waals surface area contributed by atoms with Crippen LogP contribution in [0.3, 0.4) is 0 Å². The van der Waals surface area contributed by atoms with Gasteiger partial charge < -0.3 is 15.3 Å². The van der Waals surface area contributed by atoms with Crippen LogP contribution in [0.1, 0.15) is 33.1 Å². The summed E-state index contributed by atoms with van der Waals surface area (Å²) in [5, 5.41) is 22.3. The monoisotopic (exact) mass is 325 g/mol. The van der Waals surface area contributed by atoms with Gasteiger partial charge in [0.15, 0.2) is 5.78 Å². The summed E-state index contributed by atoms with van der Waals surface area (Å²) >= 11 is 0. The molecule has 0 saturated heterocycles. The van der Waals surface area contributed by atoms with E-state index in [1.807, 2.05) is 19.9 Å². The second-order valence-electron chi connectivity index (χ2n) is 7.01. The molecule has 0 radical (unpaired) electrons. The summed E-state index contributed by atoms with van der Waals surface area (Å²) in [5.41, 5.74) is 2.00. The number of nitrogens with zero attached hydrogens (tertiary/aromatic N) is 2.